The Balaban J connectivity index is 2.86. The Morgan fingerprint density at radius 3 is 2.40 bits per heavy atom. The van der Waals surface area contributed by atoms with Gasteiger partial charge in [0.1, 0.15) is 0 Å². The van der Waals surface area contributed by atoms with Gasteiger partial charge in [0.05, 0.1) is 0 Å². The minimum atomic E-state index is 0.515. The third kappa shape index (κ3) is 3.84. The summed E-state index contributed by atoms with van der Waals surface area (Å²) in [5.41, 5.74) is 2.69. The van der Waals surface area contributed by atoms with E-state index in [9.17, 15) is 0 Å². The highest BCUT2D eigenvalue weighted by atomic mass is 35.5. The van der Waals surface area contributed by atoms with Gasteiger partial charge in [0.2, 0.25) is 0 Å². The van der Waals surface area contributed by atoms with Gasteiger partial charge in [-0.15, -0.1) is 0 Å². The van der Waals surface area contributed by atoms with E-state index in [4.69, 9.17) is 11.6 Å². The monoisotopic (exact) mass is 225 g/mol. The van der Waals surface area contributed by atoms with Crippen LogP contribution in [0.5, 0.6) is 0 Å². The summed E-state index contributed by atoms with van der Waals surface area (Å²) in [5.74, 6) is 0.521. The van der Waals surface area contributed by atoms with Crippen molar-refractivity contribution in [1.29, 1.82) is 0 Å². The average molecular weight is 226 g/mol. The molecule has 0 aliphatic rings. The van der Waals surface area contributed by atoms with E-state index in [-0.39, 0.29) is 0 Å². The zero-order valence-electron chi connectivity index (χ0n) is 9.97. The molecule has 0 heterocycles. The molecular weight excluding hydrogens is 206 g/mol. The molecule has 0 fully saturated rings. The number of nitrogens with one attached hydrogen (secondary N) is 1. The molecule has 1 nitrogen and oxygen atoms in total. The average Bonchev–Trinajstić information content (AvgIpc) is 2.15. The molecule has 0 atom stereocenters. The fourth-order valence-electron chi connectivity index (χ4n) is 1.58. The fraction of sp³-hybridized carbons (Fsp3) is 0.538. The third-order valence-electron chi connectivity index (χ3n) is 2.43. The van der Waals surface area contributed by atoms with Crippen molar-refractivity contribution < 1.29 is 0 Å². The number of hydrogen-bond donors (Lipinski definition) is 1. The van der Waals surface area contributed by atoms with E-state index in [0.717, 1.165) is 11.6 Å². The van der Waals surface area contributed by atoms with E-state index in [1.807, 2.05) is 6.07 Å². The van der Waals surface area contributed by atoms with Gasteiger partial charge >= 0.3 is 0 Å². The molecule has 0 spiro atoms. The summed E-state index contributed by atoms with van der Waals surface area (Å²) < 4.78 is 0. The van der Waals surface area contributed by atoms with Crippen molar-refractivity contribution in [3.8, 4) is 0 Å². The summed E-state index contributed by atoms with van der Waals surface area (Å²) in [6, 6.07) is 6.67. The molecule has 2 heteroatoms. The van der Waals surface area contributed by atoms with Gasteiger partial charge in [0.15, 0.2) is 0 Å². The van der Waals surface area contributed by atoms with Crippen molar-refractivity contribution in [3.63, 3.8) is 0 Å². The lowest BCUT2D eigenvalue weighted by molar-refractivity contribution is 0.584. The molecule has 0 radical (unpaired) electrons. The topological polar surface area (TPSA) is 12.0 Å². The van der Waals surface area contributed by atoms with E-state index >= 15 is 0 Å². The SMILES string of the molecule is CC(C)NCc1ccc(Cl)cc1C(C)C. The van der Waals surface area contributed by atoms with Gasteiger partial charge < -0.3 is 5.32 Å². The van der Waals surface area contributed by atoms with Crippen molar-refractivity contribution in [2.45, 2.75) is 46.2 Å². The van der Waals surface area contributed by atoms with Crippen molar-refractivity contribution in [2.75, 3.05) is 0 Å². The normalized spacial score (nSPS) is 11.4. The largest absolute Gasteiger partial charge is 0.310 e. The summed E-state index contributed by atoms with van der Waals surface area (Å²) >= 11 is 6.00. The predicted molar refractivity (Wildman–Crippen MR) is 67.5 cm³/mol. The van der Waals surface area contributed by atoms with Gasteiger partial charge in [-0.25, -0.2) is 0 Å². The van der Waals surface area contributed by atoms with Crippen LogP contribution < -0.4 is 5.32 Å². The van der Waals surface area contributed by atoms with Crippen LogP contribution in [0, 0.1) is 0 Å². The van der Waals surface area contributed by atoms with Crippen LogP contribution in [0.15, 0.2) is 18.2 Å². The lowest BCUT2D eigenvalue weighted by atomic mass is 9.97. The molecule has 0 aromatic heterocycles. The highest BCUT2D eigenvalue weighted by Gasteiger charge is 2.07. The van der Waals surface area contributed by atoms with E-state index < -0.39 is 0 Å². The van der Waals surface area contributed by atoms with Crippen LogP contribution in [0.4, 0.5) is 0 Å². The Hall–Kier alpha value is -0.530. The number of rotatable bonds is 4. The van der Waals surface area contributed by atoms with Gasteiger partial charge in [-0.3, -0.25) is 0 Å². The molecule has 84 valence electrons. The van der Waals surface area contributed by atoms with Crippen LogP contribution >= 0.6 is 11.6 Å². The Morgan fingerprint density at radius 2 is 1.87 bits per heavy atom. The van der Waals surface area contributed by atoms with E-state index in [2.05, 4.69) is 45.1 Å². The highest BCUT2D eigenvalue weighted by molar-refractivity contribution is 6.30. The van der Waals surface area contributed by atoms with Crippen LogP contribution in [-0.2, 0) is 6.54 Å². The summed E-state index contributed by atoms with van der Waals surface area (Å²) in [5, 5.41) is 4.26. The van der Waals surface area contributed by atoms with Gasteiger partial charge in [-0.1, -0.05) is 45.4 Å². The minimum Gasteiger partial charge on any atom is -0.310 e. The first kappa shape index (κ1) is 12.5. The molecule has 0 aliphatic heterocycles. The van der Waals surface area contributed by atoms with Crippen LogP contribution in [-0.4, -0.2) is 6.04 Å². The zero-order valence-corrected chi connectivity index (χ0v) is 10.7. The van der Waals surface area contributed by atoms with Gasteiger partial charge in [0, 0.05) is 17.6 Å². The van der Waals surface area contributed by atoms with Crippen molar-refractivity contribution in [1.82, 2.24) is 5.32 Å². The molecule has 1 N–H and O–H groups in total. The fourth-order valence-corrected chi connectivity index (χ4v) is 1.76. The van der Waals surface area contributed by atoms with Crippen LogP contribution in [0.25, 0.3) is 0 Å². The molecular formula is C13H20ClN. The molecule has 15 heavy (non-hydrogen) atoms. The predicted octanol–water partition coefficient (Wildman–Crippen LogP) is 3.96. The van der Waals surface area contributed by atoms with Crippen molar-refractivity contribution in [2.24, 2.45) is 0 Å². The zero-order chi connectivity index (χ0) is 11.4. The maximum atomic E-state index is 6.00. The smallest absolute Gasteiger partial charge is 0.0409 e. The molecule has 0 saturated carbocycles. The van der Waals surface area contributed by atoms with Gasteiger partial charge in [-0.05, 0) is 29.2 Å². The second-order valence-corrected chi connectivity index (χ2v) is 4.97. The number of halogens is 1. The van der Waals surface area contributed by atoms with E-state index in [0.29, 0.717) is 12.0 Å². The van der Waals surface area contributed by atoms with Crippen LogP contribution in [0.3, 0.4) is 0 Å². The Bertz CT molecular complexity index is 318. The second kappa shape index (κ2) is 5.53. The second-order valence-electron chi connectivity index (χ2n) is 4.53. The van der Waals surface area contributed by atoms with Gasteiger partial charge in [0.25, 0.3) is 0 Å². The third-order valence-corrected chi connectivity index (χ3v) is 2.67. The molecule has 1 aromatic rings. The highest BCUT2D eigenvalue weighted by Crippen LogP contribution is 2.23. The van der Waals surface area contributed by atoms with E-state index in [1.54, 1.807) is 0 Å². The first-order valence-electron chi connectivity index (χ1n) is 5.52. The summed E-state index contributed by atoms with van der Waals surface area (Å²) in [6.45, 7) is 9.63. The van der Waals surface area contributed by atoms with Crippen molar-refractivity contribution in [3.05, 3.63) is 34.3 Å². The van der Waals surface area contributed by atoms with Crippen LogP contribution in [0.2, 0.25) is 5.02 Å². The molecule has 0 saturated heterocycles. The van der Waals surface area contributed by atoms with Crippen LogP contribution in [0.1, 0.15) is 44.7 Å². The summed E-state index contributed by atoms with van der Waals surface area (Å²) in [7, 11) is 0. The number of hydrogen-bond acceptors (Lipinski definition) is 1. The number of benzene rings is 1. The molecule has 0 amide bonds. The summed E-state index contributed by atoms with van der Waals surface area (Å²) in [6.07, 6.45) is 0. The Morgan fingerprint density at radius 1 is 1.20 bits per heavy atom. The van der Waals surface area contributed by atoms with E-state index in [1.165, 1.54) is 11.1 Å². The lowest BCUT2D eigenvalue weighted by Gasteiger charge is -2.15. The minimum absolute atomic E-state index is 0.515. The van der Waals surface area contributed by atoms with Gasteiger partial charge in [-0.2, -0.15) is 0 Å². The van der Waals surface area contributed by atoms with Crippen molar-refractivity contribution >= 4 is 11.6 Å². The summed E-state index contributed by atoms with van der Waals surface area (Å²) in [4.78, 5) is 0. The lowest BCUT2D eigenvalue weighted by Crippen LogP contribution is -2.22. The first-order valence-corrected chi connectivity index (χ1v) is 5.90. The molecule has 0 unspecified atom stereocenters. The molecule has 0 aliphatic carbocycles. The molecule has 1 rings (SSSR count). The maximum absolute atomic E-state index is 6.00. The molecule has 0 bridgehead atoms. The molecule has 1 aromatic carbocycles. The maximum Gasteiger partial charge on any atom is 0.0409 e. The Labute approximate surface area is 97.8 Å². The standard InChI is InChI=1S/C13H20ClN/c1-9(2)13-7-12(14)6-5-11(13)8-15-10(3)4/h5-7,9-10,15H,8H2,1-4H3. The first-order chi connectivity index (χ1) is 7.00. The quantitative estimate of drug-likeness (QED) is 0.818. The Kier molecular flexibility index (Phi) is 4.62.